The molecule has 2 aromatic heterocycles. The van der Waals surface area contributed by atoms with Gasteiger partial charge in [0.1, 0.15) is 12.3 Å². The van der Waals surface area contributed by atoms with Gasteiger partial charge >= 0.3 is 0 Å². The van der Waals surface area contributed by atoms with E-state index in [1.54, 1.807) is 6.26 Å². The predicted molar refractivity (Wildman–Crippen MR) is 114 cm³/mol. The highest BCUT2D eigenvalue weighted by atomic mass is 16.3. The second kappa shape index (κ2) is 8.70. The number of tetrazole rings is 1. The summed E-state index contributed by atoms with van der Waals surface area (Å²) in [6, 6.07) is 13.5. The third kappa shape index (κ3) is 4.04. The van der Waals surface area contributed by atoms with Gasteiger partial charge in [0.2, 0.25) is 0 Å². The Bertz CT molecular complexity index is 921. The van der Waals surface area contributed by atoms with Gasteiger partial charge < -0.3 is 4.42 Å². The van der Waals surface area contributed by atoms with Gasteiger partial charge in [-0.3, -0.25) is 9.80 Å². The van der Waals surface area contributed by atoms with Gasteiger partial charge in [-0.15, -0.1) is 5.10 Å². The number of rotatable bonds is 6. The normalized spacial score (nSPS) is 20.0. The Morgan fingerprint density at radius 3 is 2.50 bits per heavy atom. The summed E-state index contributed by atoms with van der Waals surface area (Å²) in [4.78, 5) is 5.24. The van der Waals surface area contributed by atoms with E-state index in [1.165, 1.54) is 36.8 Å². The zero-order valence-electron chi connectivity index (χ0n) is 17.7. The first-order valence-electron chi connectivity index (χ1n) is 11.1. The Kier molecular flexibility index (Phi) is 5.64. The Morgan fingerprint density at radius 2 is 1.80 bits per heavy atom. The summed E-state index contributed by atoms with van der Waals surface area (Å²) < 4.78 is 7.42. The van der Waals surface area contributed by atoms with Gasteiger partial charge in [-0.1, -0.05) is 42.7 Å². The topological polar surface area (TPSA) is 63.2 Å². The highest BCUT2D eigenvalue weighted by molar-refractivity contribution is 5.28. The average molecular weight is 407 g/mol. The van der Waals surface area contributed by atoms with Crippen LogP contribution in [0.5, 0.6) is 0 Å². The minimum Gasteiger partial charge on any atom is -0.467 e. The van der Waals surface area contributed by atoms with Crippen LogP contribution < -0.4 is 0 Å². The number of furan rings is 1. The number of hydrogen-bond donors (Lipinski definition) is 0. The zero-order chi connectivity index (χ0) is 20.3. The first-order chi connectivity index (χ1) is 14.8. The predicted octanol–water partition coefficient (Wildman–Crippen LogP) is 3.27. The maximum atomic E-state index is 5.54. The monoisotopic (exact) mass is 406 g/mol. The number of piperazine rings is 1. The summed E-state index contributed by atoms with van der Waals surface area (Å²) in [6.45, 7) is 6.96. The molecule has 3 heterocycles. The summed E-state index contributed by atoms with van der Waals surface area (Å²) in [6.07, 6.45) is 7.20. The molecule has 0 bridgehead atoms. The van der Waals surface area contributed by atoms with Crippen LogP contribution in [0.4, 0.5) is 0 Å². The van der Waals surface area contributed by atoms with E-state index in [4.69, 9.17) is 4.42 Å². The quantitative estimate of drug-likeness (QED) is 0.626. The molecule has 1 saturated carbocycles. The van der Waals surface area contributed by atoms with Crippen molar-refractivity contribution in [3.63, 3.8) is 0 Å². The molecule has 7 heteroatoms. The molecule has 2 aliphatic rings. The van der Waals surface area contributed by atoms with E-state index >= 15 is 0 Å². The largest absolute Gasteiger partial charge is 0.467 e. The lowest BCUT2D eigenvalue weighted by molar-refractivity contribution is 0.0770. The smallest absolute Gasteiger partial charge is 0.173 e. The van der Waals surface area contributed by atoms with Crippen molar-refractivity contribution in [1.82, 2.24) is 30.0 Å². The molecule has 1 unspecified atom stereocenters. The van der Waals surface area contributed by atoms with Crippen molar-refractivity contribution in [3.8, 4) is 0 Å². The number of benzene rings is 1. The lowest BCUT2D eigenvalue weighted by atomic mass is 10.0. The van der Waals surface area contributed by atoms with Crippen LogP contribution in [0.1, 0.15) is 54.4 Å². The Morgan fingerprint density at radius 1 is 1.03 bits per heavy atom. The van der Waals surface area contributed by atoms with Crippen molar-refractivity contribution in [3.05, 3.63) is 65.4 Å². The van der Waals surface area contributed by atoms with Crippen molar-refractivity contribution >= 4 is 0 Å². The fourth-order valence-corrected chi connectivity index (χ4v) is 4.97. The van der Waals surface area contributed by atoms with Crippen LogP contribution in [-0.2, 0) is 6.54 Å². The highest BCUT2D eigenvalue weighted by Crippen LogP contribution is 2.31. The second-order valence-corrected chi connectivity index (χ2v) is 8.60. The fraction of sp³-hybridized carbons (Fsp3) is 0.522. The minimum atomic E-state index is 0.0429. The lowest BCUT2D eigenvalue weighted by Gasteiger charge is -2.41. The Labute approximate surface area is 177 Å². The average Bonchev–Trinajstić information content (AvgIpc) is 3.54. The van der Waals surface area contributed by atoms with Crippen LogP contribution in [0.2, 0.25) is 0 Å². The third-order valence-corrected chi connectivity index (χ3v) is 6.64. The van der Waals surface area contributed by atoms with Crippen molar-refractivity contribution in [2.24, 2.45) is 0 Å². The molecule has 1 saturated heterocycles. The molecular weight excluding hydrogens is 376 g/mol. The maximum Gasteiger partial charge on any atom is 0.173 e. The Balaban J connectivity index is 1.41. The standard InChI is InChI=1S/C23H30N6O/c1-18-8-10-19(11-9-18)22(23-24-25-26-29(23)17-21-7-4-16-30-21)28-14-12-27(13-15-28)20-5-2-3-6-20/h4,7-11,16,20,22H,2-3,5-6,12-15,17H2,1H3. The van der Waals surface area contributed by atoms with E-state index in [1.807, 2.05) is 16.8 Å². The molecule has 0 amide bonds. The van der Waals surface area contributed by atoms with Gasteiger partial charge in [0.15, 0.2) is 5.82 Å². The molecule has 158 valence electrons. The first kappa shape index (κ1) is 19.5. The van der Waals surface area contributed by atoms with Crippen molar-refractivity contribution in [2.75, 3.05) is 26.2 Å². The number of nitrogens with zero attached hydrogens (tertiary/aromatic N) is 6. The van der Waals surface area contributed by atoms with E-state index < -0.39 is 0 Å². The molecule has 30 heavy (non-hydrogen) atoms. The van der Waals surface area contributed by atoms with Gasteiger partial charge in [-0.2, -0.15) is 0 Å². The molecule has 0 spiro atoms. The van der Waals surface area contributed by atoms with Crippen molar-refractivity contribution in [1.29, 1.82) is 0 Å². The van der Waals surface area contributed by atoms with Crippen molar-refractivity contribution < 1.29 is 4.42 Å². The summed E-state index contributed by atoms with van der Waals surface area (Å²) in [5, 5.41) is 12.8. The van der Waals surface area contributed by atoms with Crippen LogP contribution in [0.25, 0.3) is 0 Å². The van der Waals surface area contributed by atoms with Crippen molar-refractivity contribution in [2.45, 2.75) is 51.2 Å². The van der Waals surface area contributed by atoms with Crippen LogP contribution in [0, 0.1) is 6.92 Å². The van der Waals surface area contributed by atoms with E-state index in [2.05, 4.69) is 56.5 Å². The molecule has 1 aliphatic carbocycles. The van der Waals surface area contributed by atoms with Crippen LogP contribution >= 0.6 is 0 Å². The lowest BCUT2D eigenvalue weighted by Crippen LogP contribution is -2.51. The molecule has 1 aliphatic heterocycles. The summed E-state index contributed by atoms with van der Waals surface area (Å²) in [5.41, 5.74) is 2.50. The van der Waals surface area contributed by atoms with Crippen LogP contribution in [0.15, 0.2) is 47.1 Å². The van der Waals surface area contributed by atoms with Gasteiger partial charge in [0.25, 0.3) is 0 Å². The Hall–Kier alpha value is -2.51. The van der Waals surface area contributed by atoms with Gasteiger partial charge in [-0.05, 0) is 47.9 Å². The van der Waals surface area contributed by atoms with E-state index in [9.17, 15) is 0 Å². The van der Waals surface area contributed by atoms with Crippen LogP contribution in [-0.4, -0.2) is 62.2 Å². The number of hydrogen-bond acceptors (Lipinski definition) is 6. The molecule has 3 aromatic rings. The SMILES string of the molecule is Cc1ccc(C(c2nnnn2Cc2ccco2)N2CCN(C3CCCC3)CC2)cc1. The van der Waals surface area contributed by atoms with Crippen LogP contribution in [0.3, 0.4) is 0 Å². The summed E-state index contributed by atoms with van der Waals surface area (Å²) in [5.74, 6) is 1.74. The molecule has 2 fully saturated rings. The zero-order valence-corrected chi connectivity index (χ0v) is 17.7. The summed E-state index contributed by atoms with van der Waals surface area (Å²) in [7, 11) is 0. The third-order valence-electron chi connectivity index (χ3n) is 6.64. The van der Waals surface area contributed by atoms with E-state index in [-0.39, 0.29) is 6.04 Å². The number of aromatic nitrogens is 4. The molecular formula is C23H30N6O. The van der Waals surface area contributed by atoms with E-state index in [0.29, 0.717) is 6.54 Å². The molecule has 0 radical (unpaired) electrons. The molecule has 7 nitrogen and oxygen atoms in total. The molecule has 1 atom stereocenters. The second-order valence-electron chi connectivity index (χ2n) is 8.60. The van der Waals surface area contributed by atoms with E-state index in [0.717, 1.165) is 43.8 Å². The number of aryl methyl sites for hydroxylation is 1. The highest BCUT2D eigenvalue weighted by Gasteiger charge is 2.33. The van der Waals surface area contributed by atoms with Gasteiger partial charge in [0, 0.05) is 32.2 Å². The minimum absolute atomic E-state index is 0.0429. The first-order valence-corrected chi connectivity index (χ1v) is 11.1. The fourth-order valence-electron chi connectivity index (χ4n) is 4.97. The molecule has 5 rings (SSSR count). The van der Waals surface area contributed by atoms with Gasteiger partial charge in [-0.25, -0.2) is 4.68 Å². The maximum absolute atomic E-state index is 5.54. The molecule has 1 aromatic carbocycles. The summed E-state index contributed by atoms with van der Waals surface area (Å²) >= 11 is 0. The molecule has 0 N–H and O–H groups in total. The van der Waals surface area contributed by atoms with Gasteiger partial charge in [0.05, 0.1) is 12.3 Å².